The van der Waals surface area contributed by atoms with Crippen LogP contribution in [-0.2, 0) is 21.1 Å². The number of benzene rings is 1. The largest absolute Gasteiger partial charge is 0.350 e. The van der Waals surface area contributed by atoms with Gasteiger partial charge in [0.05, 0.1) is 16.6 Å². The number of carbonyl (C=O) groups is 1. The Bertz CT molecular complexity index is 1160. The number of rotatable bonds is 6. The highest BCUT2D eigenvalue weighted by Crippen LogP contribution is 2.19. The number of fused-ring (bicyclic) bond motifs is 1. The minimum atomic E-state index is -3.23. The molecule has 0 spiro atoms. The molecule has 1 unspecified atom stereocenters. The van der Waals surface area contributed by atoms with Gasteiger partial charge < -0.3 is 5.32 Å². The van der Waals surface area contributed by atoms with Gasteiger partial charge in [-0.15, -0.1) is 0 Å². The summed E-state index contributed by atoms with van der Waals surface area (Å²) in [5.41, 5.74) is 5.52. The van der Waals surface area contributed by atoms with Crippen molar-refractivity contribution in [2.75, 3.05) is 6.26 Å². The third-order valence-corrected chi connectivity index (χ3v) is 6.20. The lowest BCUT2D eigenvalue weighted by Crippen LogP contribution is -2.27. The van der Waals surface area contributed by atoms with Crippen molar-refractivity contribution in [3.63, 3.8) is 0 Å². The van der Waals surface area contributed by atoms with Crippen molar-refractivity contribution in [2.24, 2.45) is 0 Å². The third-order valence-electron chi connectivity index (χ3n) is 5.07. The van der Waals surface area contributed by atoms with Crippen LogP contribution in [-0.4, -0.2) is 35.2 Å². The van der Waals surface area contributed by atoms with Gasteiger partial charge in [0.15, 0.2) is 15.5 Å². The molecule has 0 saturated heterocycles. The van der Waals surface area contributed by atoms with Gasteiger partial charge >= 0.3 is 0 Å². The molecular weight excluding hydrogens is 388 g/mol. The second kappa shape index (κ2) is 7.94. The number of nitrogens with zero attached hydrogens (tertiary/aromatic N) is 3. The monoisotopic (exact) mass is 414 g/mol. The number of nitrogens with one attached hydrogen (secondary N) is 1. The van der Waals surface area contributed by atoms with Crippen LogP contribution >= 0.6 is 0 Å². The molecule has 0 saturated carbocycles. The molecule has 0 bridgehead atoms. The number of sulfone groups is 1. The lowest BCUT2D eigenvalue weighted by molar-refractivity contribution is -0.121. The minimum absolute atomic E-state index is 0.0692. The summed E-state index contributed by atoms with van der Waals surface area (Å²) >= 11 is 0. The fraction of sp³-hybridized carbons (Fsp3) is 0.381. The first-order valence-corrected chi connectivity index (χ1v) is 11.4. The van der Waals surface area contributed by atoms with E-state index in [1.807, 2.05) is 38.3 Å². The zero-order chi connectivity index (χ0) is 21.3. The molecule has 1 atom stereocenters. The van der Waals surface area contributed by atoms with E-state index in [1.165, 1.54) is 6.26 Å². The highest BCUT2D eigenvalue weighted by atomic mass is 32.2. The van der Waals surface area contributed by atoms with Crippen LogP contribution in [0.15, 0.2) is 35.2 Å². The van der Waals surface area contributed by atoms with Crippen LogP contribution < -0.4 is 5.32 Å². The van der Waals surface area contributed by atoms with E-state index < -0.39 is 9.84 Å². The summed E-state index contributed by atoms with van der Waals surface area (Å²) in [6, 6.07) is 8.31. The summed E-state index contributed by atoms with van der Waals surface area (Å²) in [4.78, 5) is 17.3. The molecule has 2 heterocycles. The SMILES string of the molecule is Cc1cc2nc(C)c(CCC(=O)NC(C)c3ccc(S(C)(=O)=O)cc3)c(C)n2n1. The van der Waals surface area contributed by atoms with Gasteiger partial charge in [0.1, 0.15) is 0 Å². The highest BCUT2D eigenvalue weighted by molar-refractivity contribution is 7.90. The van der Waals surface area contributed by atoms with Crippen LogP contribution in [0.2, 0.25) is 0 Å². The molecule has 0 aliphatic carbocycles. The normalized spacial score (nSPS) is 12.9. The van der Waals surface area contributed by atoms with Gasteiger partial charge in [0.25, 0.3) is 0 Å². The summed E-state index contributed by atoms with van der Waals surface area (Å²) in [7, 11) is -3.23. The first-order valence-electron chi connectivity index (χ1n) is 9.48. The number of aromatic nitrogens is 3. The van der Waals surface area contributed by atoms with Gasteiger partial charge in [0, 0.05) is 30.1 Å². The maximum Gasteiger partial charge on any atom is 0.220 e. The number of hydrogen-bond donors (Lipinski definition) is 1. The molecule has 1 amide bonds. The zero-order valence-corrected chi connectivity index (χ0v) is 18.2. The summed E-state index contributed by atoms with van der Waals surface area (Å²) in [5.74, 6) is -0.0692. The lowest BCUT2D eigenvalue weighted by Gasteiger charge is -2.16. The topological polar surface area (TPSA) is 93.4 Å². The smallest absolute Gasteiger partial charge is 0.220 e. The van der Waals surface area contributed by atoms with Crippen molar-refractivity contribution < 1.29 is 13.2 Å². The Labute approximate surface area is 171 Å². The Kier molecular flexibility index (Phi) is 5.75. The second-order valence-electron chi connectivity index (χ2n) is 7.45. The Morgan fingerprint density at radius 3 is 2.45 bits per heavy atom. The minimum Gasteiger partial charge on any atom is -0.350 e. The highest BCUT2D eigenvalue weighted by Gasteiger charge is 2.15. The van der Waals surface area contributed by atoms with Crippen molar-refractivity contribution in [3.8, 4) is 0 Å². The van der Waals surface area contributed by atoms with Crippen molar-refractivity contribution in [1.82, 2.24) is 19.9 Å². The average Bonchev–Trinajstić information content (AvgIpc) is 3.01. The van der Waals surface area contributed by atoms with E-state index in [2.05, 4.69) is 15.4 Å². The molecule has 3 rings (SSSR count). The van der Waals surface area contributed by atoms with E-state index in [1.54, 1.807) is 24.3 Å². The first-order chi connectivity index (χ1) is 13.6. The molecule has 8 heteroatoms. The molecule has 0 aliphatic heterocycles. The van der Waals surface area contributed by atoms with Crippen molar-refractivity contribution in [1.29, 1.82) is 0 Å². The Morgan fingerprint density at radius 1 is 1.17 bits per heavy atom. The standard InChI is InChI=1S/C21H26N4O3S/c1-13-12-20-22-15(3)19(16(4)25(20)24-13)10-11-21(26)23-14(2)17-6-8-18(9-7-17)29(5,27)28/h6-9,12,14H,10-11H2,1-5H3,(H,23,26). The Morgan fingerprint density at radius 2 is 1.83 bits per heavy atom. The predicted molar refractivity (Wildman–Crippen MR) is 112 cm³/mol. The van der Waals surface area contributed by atoms with Gasteiger partial charge in [-0.1, -0.05) is 12.1 Å². The molecule has 0 fully saturated rings. The van der Waals surface area contributed by atoms with E-state index >= 15 is 0 Å². The van der Waals surface area contributed by atoms with E-state index in [4.69, 9.17) is 0 Å². The van der Waals surface area contributed by atoms with Crippen LogP contribution in [0, 0.1) is 20.8 Å². The van der Waals surface area contributed by atoms with E-state index in [-0.39, 0.29) is 16.8 Å². The van der Waals surface area contributed by atoms with Crippen LogP contribution in [0.4, 0.5) is 0 Å². The number of aryl methyl sites for hydroxylation is 3. The molecular formula is C21H26N4O3S. The van der Waals surface area contributed by atoms with Gasteiger partial charge in [-0.3, -0.25) is 4.79 Å². The van der Waals surface area contributed by atoms with Crippen molar-refractivity contribution in [2.45, 2.75) is 51.5 Å². The lowest BCUT2D eigenvalue weighted by atomic mass is 10.1. The zero-order valence-electron chi connectivity index (χ0n) is 17.4. The van der Waals surface area contributed by atoms with E-state index in [0.29, 0.717) is 12.8 Å². The number of hydrogen-bond acceptors (Lipinski definition) is 5. The molecule has 0 radical (unpaired) electrons. The van der Waals surface area contributed by atoms with Gasteiger partial charge in [-0.05, 0) is 57.4 Å². The van der Waals surface area contributed by atoms with Gasteiger partial charge in [-0.25, -0.2) is 17.9 Å². The third kappa shape index (κ3) is 4.64. The quantitative estimate of drug-likeness (QED) is 0.669. The van der Waals surface area contributed by atoms with Crippen LogP contribution in [0.1, 0.15) is 47.6 Å². The maximum atomic E-state index is 12.5. The number of carbonyl (C=O) groups excluding carboxylic acids is 1. The molecule has 1 N–H and O–H groups in total. The van der Waals surface area contributed by atoms with Crippen molar-refractivity contribution >= 4 is 21.4 Å². The molecule has 2 aromatic heterocycles. The fourth-order valence-electron chi connectivity index (χ4n) is 3.44. The summed E-state index contributed by atoms with van der Waals surface area (Å²) < 4.78 is 25.0. The number of amides is 1. The maximum absolute atomic E-state index is 12.5. The second-order valence-corrected chi connectivity index (χ2v) is 9.46. The molecule has 0 aliphatic rings. The molecule has 1 aromatic carbocycles. The Balaban J connectivity index is 1.66. The fourth-order valence-corrected chi connectivity index (χ4v) is 4.07. The molecule has 154 valence electrons. The Hall–Kier alpha value is -2.74. The average molecular weight is 415 g/mol. The van der Waals surface area contributed by atoms with Crippen LogP contribution in [0.25, 0.3) is 5.65 Å². The van der Waals surface area contributed by atoms with E-state index in [0.717, 1.165) is 33.9 Å². The van der Waals surface area contributed by atoms with Gasteiger partial charge in [-0.2, -0.15) is 5.10 Å². The van der Waals surface area contributed by atoms with Gasteiger partial charge in [0.2, 0.25) is 5.91 Å². The molecule has 3 aromatic rings. The molecule has 7 nitrogen and oxygen atoms in total. The van der Waals surface area contributed by atoms with Crippen LogP contribution in [0.3, 0.4) is 0 Å². The summed E-state index contributed by atoms with van der Waals surface area (Å²) in [5, 5.41) is 7.44. The summed E-state index contributed by atoms with van der Waals surface area (Å²) in [6.45, 7) is 7.76. The predicted octanol–water partition coefficient (Wildman–Crippen LogP) is 2.87. The first kappa shape index (κ1) is 21.0. The van der Waals surface area contributed by atoms with Crippen molar-refractivity contribution in [3.05, 3.63) is 58.5 Å². The van der Waals surface area contributed by atoms with Crippen LogP contribution in [0.5, 0.6) is 0 Å². The van der Waals surface area contributed by atoms with E-state index in [9.17, 15) is 13.2 Å². The molecule has 29 heavy (non-hydrogen) atoms. The summed E-state index contributed by atoms with van der Waals surface area (Å²) in [6.07, 6.45) is 2.08.